The molecule has 4 aliphatic rings. The van der Waals surface area contributed by atoms with Crippen LogP contribution in [-0.4, -0.2) is 139 Å². The van der Waals surface area contributed by atoms with E-state index in [2.05, 4.69) is 21.3 Å². The molecule has 25 heteroatoms. The summed E-state index contributed by atoms with van der Waals surface area (Å²) in [5, 5.41) is 22.7. The third-order valence-corrected chi connectivity index (χ3v) is 16.0. The number of aliphatic hydroxyl groups is 1. The summed E-state index contributed by atoms with van der Waals surface area (Å²) in [6.45, 7) is 14.3. The summed E-state index contributed by atoms with van der Waals surface area (Å²) >= 11 is 0. The van der Waals surface area contributed by atoms with Gasteiger partial charge in [-0.2, -0.15) is 0 Å². The number of hydrogen-bond donors (Lipinski definition) is 7. The summed E-state index contributed by atoms with van der Waals surface area (Å²) in [5.41, 5.74) is 16.3. The Labute approximate surface area is 523 Å². The second-order valence-electron chi connectivity index (χ2n) is 23.7. The highest BCUT2D eigenvalue weighted by Crippen LogP contribution is 2.43. The van der Waals surface area contributed by atoms with Gasteiger partial charge in [0.1, 0.15) is 25.3 Å². The van der Waals surface area contributed by atoms with Gasteiger partial charge in [-0.3, -0.25) is 33.7 Å². The van der Waals surface area contributed by atoms with Crippen LogP contribution >= 0.6 is 0 Å². The minimum Gasteiger partial charge on any atom is -0.493 e. The topological polar surface area (TPSA) is 325 Å². The number of carbonyl (C=O) groups is 8. The summed E-state index contributed by atoms with van der Waals surface area (Å²) in [4.78, 5) is 113. The number of benzene rings is 4. The highest BCUT2D eigenvalue weighted by molar-refractivity contribution is 6.08. The number of nitrogens with one attached hydrogen (secondary N) is 4. The Balaban J connectivity index is 0.888. The van der Waals surface area contributed by atoms with Gasteiger partial charge in [0, 0.05) is 35.9 Å². The molecule has 25 nitrogen and oxygen atoms in total. The number of nitrogens with zero attached hydrogens (tertiary/aromatic N) is 4. The number of nitrogens with two attached hydrogens (primary N) is 2. The van der Waals surface area contributed by atoms with Gasteiger partial charge in [0.15, 0.2) is 29.2 Å². The second kappa shape index (κ2) is 29.4. The molecule has 9 N–H and O–H groups in total. The third kappa shape index (κ3) is 15.6. The first-order valence-electron chi connectivity index (χ1n) is 30.1. The highest BCUT2D eigenvalue weighted by Gasteiger charge is 2.46. The lowest BCUT2D eigenvalue weighted by atomic mass is 10.0. The van der Waals surface area contributed by atoms with Gasteiger partial charge >= 0.3 is 12.2 Å². The van der Waals surface area contributed by atoms with Gasteiger partial charge < -0.3 is 76.1 Å². The van der Waals surface area contributed by atoms with Crippen LogP contribution in [0.5, 0.6) is 23.0 Å². The maximum absolute atomic E-state index is 14.2. The number of amides is 8. The highest BCUT2D eigenvalue weighted by atomic mass is 16.6. The van der Waals surface area contributed by atoms with Crippen molar-refractivity contribution in [3.05, 3.63) is 119 Å². The predicted octanol–water partition coefficient (Wildman–Crippen LogP) is 7.05. The fraction of sp³-hybridized carbons (Fsp3) is 0.446. The van der Waals surface area contributed by atoms with Crippen molar-refractivity contribution >= 4 is 70.4 Å². The molecule has 0 saturated heterocycles. The van der Waals surface area contributed by atoms with E-state index in [9.17, 15) is 43.5 Å². The predicted molar refractivity (Wildman–Crippen MR) is 335 cm³/mol. The normalized spacial score (nSPS) is 18.1. The molecular formula is C65H82N10O15. The first kappa shape index (κ1) is 66.7. The Kier molecular flexibility index (Phi) is 21.8. The molecule has 482 valence electrons. The zero-order valence-electron chi connectivity index (χ0n) is 52.5. The minimum atomic E-state index is -1.53. The Morgan fingerprint density at radius 1 is 0.578 bits per heavy atom. The number of fused-ring (bicyclic) bond motifs is 4. The van der Waals surface area contributed by atoms with Crippen molar-refractivity contribution in [2.75, 3.05) is 54.4 Å². The van der Waals surface area contributed by atoms with Gasteiger partial charge in [0.2, 0.25) is 23.6 Å². The summed E-state index contributed by atoms with van der Waals surface area (Å²) < 4.78 is 35.7. The number of hydrogen-bond acceptors (Lipinski definition) is 17. The van der Waals surface area contributed by atoms with Crippen LogP contribution in [0.3, 0.4) is 0 Å². The molecule has 8 rings (SSSR count). The lowest BCUT2D eigenvalue weighted by Gasteiger charge is -2.31. The van der Waals surface area contributed by atoms with Crippen molar-refractivity contribution in [3.63, 3.8) is 0 Å². The lowest BCUT2D eigenvalue weighted by molar-refractivity contribution is -0.127. The third-order valence-electron chi connectivity index (χ3n) is 16.0. The van der Waals surface area contributed by atoms with Crippen LogP contribution in [-0.2, 0) is 41.9 Å². The Morgan fingerprint density at radius 2 is 1.02 bits per heavy atom. The van der Waals surface area contributed by atoms with Crippen molar-refractivity contribution in [1.29, 1.82) is 0 Å². The van der Waals surface area contributed by atoms with E-state index in [0.29, 0.717) is 60.4 Å². The van der Waals surface area contributed by atoms with Gasteiger partial charge in [-0.25, -0.2) is 14.5 Å². The molecule has 0 fully saturated rings. The van der Waals surface area contributed by atoms with Crippen LogP contribution in [0.1, 0.15) is 119 Å². The van der Waals surface area contributed by atoms with Gasteiger partial charge in [-0.15, -0.1) is 0 Å². The van der Waals surface area contributed by atoms with Crippen LogP contribution in [0.4, 0.5) is 32.3 Å². The zero-order valence-corrected chi connectivity index (χ0v) is 52.5. The van der Waals surface area contributed by atoms with E-state index < -0.39 is 78.2 Å². The largest absolute Gasteiger partial charge is 0.493 e. The van der Waals surface area contributed by atoms with Crippen LogP contribution in [0.15, 0.2) is 96.3 Å². The summed E-state index contributed by atoms with van der Waals surface area (Å²) in [7, 11) is 2.89. The molecule has 0 spiro atoms. The van der Waals surface area contributed by atoms with E-state index in [0.717, 1.165) is 16.0 Å². The van der Waals surface area contributed by atoms with E-state index in [1.807, 2.05) is 41.5 Å². The Bertz CT molecular complexity index is 3410. The number of methoxy groups -OCH3 is 2. The standard InChI is InChI=1S/C65H82N10O15/c1-35(2)55(66)59(78)68-39(7)57(76)70-43-18-14-41(15-19-43)33-89-64(83)74-32-45-24-37(5)30-72(45)61(80)46-26-51(85-9)53(28-48(46)74)87-22-12-11-13-23-88-54-29-49-47(27-52(54)86-10)62(81)73-31-38(6)25-50(73)63(82)75(49)65(84)90-34-42-16-20-44(21-17-42)71-58(77)40(8)69-60(79)56(67)36(3)4/h14-21,26-31,35-36,39-40,45,50,55-56,63,82H,11-13,22-25,32-34,66-67H2,1-10H3,(H,68,78)(H,69,79)(H,70,76)(H,71,77)/t39?,40-,45?,50?,55-,56?,63?/m0/s1. The number of carbonyl (C=O) groups excluding carboxylic acids is 8. The average Bonchev–Trinajstić information content (AvgIpc) is 1.60. The molecule has 0 bridgehead atoms. The van der Waals surface area contributed by atoms with Gasteiger partial charge in [0.05, 0.1) is 80.6 Å². The molecule has 90 heavy (non-hydrogen) atoms. The molecule has 0 saturated carbocycles. The summed E-state index contributed by atoms with van der Waals surface area (Å²) in [6, 6.07) is 14.9. The molecule has 4 aliphatic heterocycles. The van der Waals surface area contributed by atoms with Crippen LogP contribution < -0.4 is 61.5 Å². The van der Waals surface area contributed by atoms with E-state index in [1.54, 1.807) is 91.8 Å². The van der Waals surface area contributed by atoms with Crippen LogP contribution in [0.25, 0.3) is 0 Å². The fourth-order valence-corrected chi connectivity index (χ4v) is 10.6. The van der Waals surface area contributed by atoms with Crippen LogP contribution in [0, 0.1) is 11.8 Å². The van der Waals surface area contributed by atoms with Crippen molar-refractivity contribution < 1.29 is 71.9 Å². The Morgan fingerprint density at radius 3 is 1.51 bits per heavy atom. The van der Waals surface area contributed by atoms with Gasteiger partial charge in [0.25, 0.3) is 11.8 Å². The molecule has 0 radical (unpaired) electrons. The van der Waals surface area contributed by atoms with Gasteiger partial charge in [-0.05, 0) is 119 Å². The number of anilines is 4. The minimum absolute atomic E-state index is 0.0451. The number of aliphatic hydroxyl groups excluding tert-OH is 1. The second-order valence-corrected chi connectivity index (χ2v) is 23.7. The molecule has 4 aromatic rings. The van der Waals surface area contributed by atoms with Crippen molar-refractivity contribution in [2.45, 2.75) is 143 Å². The van der Waals surface area contributed by atoms with Gasteiger partial charge in [-0.1, -0.05) is 63.1 Å². The lowest BCUT2D eigenvalue weighted by Crippen LogP contribution is -2.50. The zero-order chi connectivity index (χ0) is 65.2. The van der Waals surface area contributed by atoms with E-state index >= 15 is 0 Å². The number of rotatable bonds is 24. The summed E-state index contributed by atoms with van der Waals surface area (Å²) in [6.07, 6.45) is 2.77. The van der Waals surface area contributed by atoms with E-state index in [1.165, 1.54) is 36.2 Å². The van der Waals surface area contributed by atoms with Crippen molar-refractivity contribution in [3.8, 4) is 23.0 Å². The smallest absolute Gasteiger partial charge is 0.416 e. The van der Waals surface area contributed by atoms with Crippen LogP contribution in [0.2, 0.25) is 0 Å². The molecule has 8 amide bonds. The maximum Gasteiger partial charge on any atom is 0.416 e. The molecule has 5 unspecified atom stereocenters. The molecule has 0 aromatic heterocycles. The average molecular weight is 1240 g/mol. The maximum atomic E-state index is 14.2. The fourth-order valence-electron chi connectivity index (χ4n) is 10.6. The number of unbranched alkanes of at least 4 members (excludes halogenated alkanes) is 2. The molecular weight excluding hydrogens is 1160 g/mol. The van der Waals surface area contributed by atoms with Crippen molar-refractivity contribution in [2.24, 2.45) is 23.3 Å². The molecule has 0 aliphatic carbocycles. The monoisotopic (exact) mass is 1240 g/mol. The van der Waals surface area contributed by atoms with E-state index in [-0.39, 0.29) is 96.5 Å². The van der Waals surface area contributed by atoms with E-state index in [4.69, 9.17) is 39.9 Å². The van der Waals surface area contributed by atoms with Crippen molar-refractivity contribution in [1.82, 2.24) is 20.4 Å². The Hall–Kier alpha value is -9.20. The molecule has 4 heterocycles. The molecule has 7 atom stereocenters. The first-order chi connectivity index (χ1) is 42.9. The molecule has 4 aromatic carbocycles. The summed E-state index contributed by atoms with van der Waals surface area (Å²) in [5.74, 6) is -1.78. The SMILES string of the molecule is COc1cc2c(cc1OCCCCCOc1cc3c(cc1OC)C(=O)N1C=C(C)CC1C(O)N3C(=O)OCc1ccc(NC(=O)[C@H](C)NC(=O)C(N)C(C)C)cc1)N(C(=O)OCc1ccc(NC(=O)C(C)NC(=O)[C@@H](N)C(C)C)cc1)CC1CC(C)=CN1C2=O. The quantitative estimate of drug-likeness (QED) is 0.0345. The number of ether oxygens (including phenoxy) is 6. The first-order valence-corrected chi connectivity index (χ1v) is 30.1.